The van der Waals surface area contributed by atoms with Crippen molar-refractivity contribution in [1.29, 1.82) is 0 Å². The number of hydrogen-bond acceptors (Lipinski definition) is 0. The van der Waals surface area contributed by atoms with Crippen LogP contribution in [-0.4, -0.2) is 104 Å². The quantitative estimate of drug-likeness (QED) is 0.473. The number of halogens is 1. The minimum Gasteiger partial charge on any atom is -0.269 e. The molecule has 0 aliphatic rings. The van der Waals surface area contributed by atoms with Crippen molar-refractivity contribution in [3.8, 4) is 0 Å². The first-order chi connectivity index (χ1) is 0. The molecule has 0 fully saturated rings. The van der Waals surface area contributed by atoms with Gasteiger partial charge in [-0.1, -0.05) is 0 Å². The van der Waals surface area contributed by atoms with Gasteiger partial charge in [0.2, 0.25) is 0 Å². The van der Waals surface area contributed by atoms with E-state index < -0.39 is 0 Å². The molecule has 0 spiro atoms. The summed E-state index contributed by atoms with van der Waals surface area (Å²) in [7, 11) is 0. The Balaban J connectivity index is 0. The Morgan fingerprint density at radius 2 is 1.00 bits per heavy atom. The molecule has 0 saturated carbocycles. The fourth-order valence-corrected chi connectivity index (χ4v) is 0. The molecule has 6 heteroatoms. The van der Waals surface area contributed by atoms with Gasteiger partial charge in [-0.15, -0.1) is 0 Å². The van der Waals surface area contributed by atoms with Crippen molar-refractivity contribution in [3.05, 3.63) is 0 Å². The van der Waals surface area contributed by atoms with E-state index in [2.05, 4.69) is 0 Å². The first-order valence-electron chi connectivity index (χ1n) is 0. The van der Waals surface area contributed by atoms with E-state index in [4.69, 9.17) is 0 Å². The van der Waals surface area contributed by atoms with Crippen LogP contribution in [0.1, 0.15) is 0 Å². The van der Waals surface area contributed by atoms with Gasteiger partial charge in [-0.25, -0.2) is 0 Å². The van der Waals surface area contributed by atoms with Crippen LogP contribution in [0.15, 0.2) is 0 Å². The third-order valence-corrected chi connectivity index (χ3v) is 0. The Kier molecular flexibility index (Phi) is 251. The third-order valence-electron chi connectivity index (χ3n) is 0. The van der Waals surface area contributed by atoms with Crippen molar-refractivity contribution in [3.63, 3.8) is 0 Å². The first kappa shape index (κ1) is 45.4. The average Bonchev–Trinajstić information content (AvgIpc) is 0. The second kappa shape index (κ2) is 33.1. The fraction of sp³-hybridized carbons (Fsp3) is 0. The Bertz CT molecular complexity index is 15.5. The van der Waals surface area contributed by atoms with Crippen LogP contribution in [0.5, 0.6) is 0 Å². The number of hydrogen-bond donors (Lipinski definition) is 0. The summed E-state index contributed by atoms with van der Waals surface area (Å²) < 4.78 is 0. The van der Waals surface area contributed by atoms with Gasteiger partial charge in [-0.2, -0.15) is 0 Å². The molecule has 0 heterocycles. The van der Waals surface area contributed by atoms with Gasteiger partial charge in [0.25, 0.3) is 0 Å². The van der Waals surface area contributed by atoms with E-state index >= 15 is 0 Å². The zero-order valence-electron chi connectivity index (χ0n) is 3.82. The van der Waals surface area contributed by atoms with E-state index in [1.165, 1.54) is 0 Å². The second-order valence-electron chi connectivity index (χ2n) is 0. The first-order valence-corrected chi connectivity index (χ1v) is 0. The van der Waals surface area contributed by atoms with Gasteiger partial charge >= 0.3 is 0 Å². The average molecular weight is 350 g/mol. The normalized spacial score (nSPS) is 0. The van der Waals surface area contributed by atoms with Crippen LogP contribution in [0.3, 0.4) is 0 Å². The SMILES string of the molecule is F.[Ca].[Ce].[Li].[Mg].[Sn]. The fourth-order valence-electron chi connectivity index (χ4n) is 0. The minimum absolute atomic E-state index is 0. The molecule has 0 amide bonds. The molecule has 0 atom stereocenters. The van der Waals surface area contributed by atoms with E-state index in [9.17, 15) is 0 Å². The van der Waals surface area contributed by atoms with Crippen molar-refractivity contribution in [2.24, 2.45) is 0 Å². The van der Waals surface area contributed by atoms with Gasteiger partial charge in [0.05, 0.1) is 0 Å². The van der Waals surface area contributed by atoms with Crippen LogP contribution in [0.2, 0.25) is 0 Å². The van der Waals surface area contributed by atoms with E-state index in [0.29, 0.717) is 0 Å². The molecular formula is HCaCeFLiMgSn. The van der Waals surface area contributed by atoms with Crippen LogP contribution in [0.25, 0.3) is 0 Å². The minimum atomic E-state index is 0. The van der Waals surface area contributed by atoms with Crippen LogP contribution in [0, 0.1) is 41.7 Å². The molecule has 0 aliphatic carbocycles. The summed E-state index contributed by atoms with van der Waals surface area (Å²) in [5.74, 6) is 0. The smallest absolute Gasteiger partial charge is 0 e. The van der Waals surface area contributed by atoms with Crippen molar-refractivity contribution in [2.45, 2.75) is 0 Å². The predicted octanol–water partition coefficient (Wildman–Crippen LogP) is -1.37. The molecule has 9 radical (unpaired) electrons. The summed E-state index contributed by atoms with van der Waals surface area (Å²) in [6, 6.07) is 0. The van der Waals surface area contributed by atoms with Crippen molar-refractivity contribution in [2.75, 3.05) is 0 Å². The van der Waals surface area contributed by atoms with Gasteiger partial charge in [0.15, 0.2) is 0 Å². The summed E-state index contributed by atoms with van der Waals surface area (Å²) >= 11 is 0. The topological polar surface area (TPSA) is 0 Å². The van der Waals surface area contributed by atoms with Crippen LogP contribution in [0.4, 0.5) is 4.70 Å². The van der Waals surface area contributed by atoms with E-state index in [0.717, 1.165) is 0 Å². The van der Waals surface area contributed by atoms with E-state index in [1.807, 2.05) is 0 Å². The maximum absolute atomic E-state index is 0. The largest absolute Gasteiger partial charge is 0.269 e. The predicted molar refractivity (Wildman–Crippen MR) is 25.5 cm³/mol. The van der Waals surface area contributed by atoms with Crippen LogP contribution >= 0.6 is 0 Å². The Morgan fingerprint density at radius 3 is 1.00 bits per heavy atom. The molecule has 6 heavy (non-hydrogen) atoms. The maximum Gasteiger partial charge on any atom is 0 e. The molecule has 0 saturated heterocycles. The molecule has 0 aromatic heterocycles. The Morgan fingerprint density at radius 1 is 1.00 bits per heavy atom. The molecule has 0 bridgehead atoms. The number of rotatable bonds is 0. The van der Waals surface area contributed by atoms with Gasteiger partial charge in [0, 0.05) is 145 Å². The molecule has 0 unspecified atom stereocenters. The van der Waals surface area contributed by atoms with Crippen molar-refractivity contribution in [1.82, 2.24) is 0 Å². The Hall–Kier alpha value is 4.73. The Labute approximate surface area is 146 Å². The zero-order valence-corrected chi connectivity index (χ0v) is 13.4. The summed E-state index contributed by atoms with van der Waals surface area (Å²) in [6.07, 6.45) is 0. The van der Waals surface area contributed by atoms with E-state index in [-0.39, 0.29) is 150 Å². The molecule has 0 rings (SSSR count). The van der Waals surface area contributed by atoms with Crippen LogP contribution < -0.4 is 0 Å². The summed E-state index contributed by atoms with van der Waals surface area (Å²) in [5.41, 5.74) is 0. The molecule has 0 N–H and O–H groups in total. The molecular weight excluding hydrogens is 349 g/mol. The van der Waals surface area contributed by atoms with Crippen molar-refractivity contribution >= 4 is 104 Å². The second-order valence-corrected chi connectivity index (χ2v) is 0. The third kappa shape index (κ3) is 23.3. The summed E-state index contributed by atoms with van der Waals surface area (Å²) in [5, 5.41) is 0. The molecule has 0 aliphatic heterocycles. The summed E-state index contributed by atoms with van der Waals surface area (Å²) in [6.45, 7) is 0. The van der Waals surface area contributed by atoms with Gasteiger partial charge in [0.1, 0.15) is 0 Å². The van der Waals surface area contributed by atoms with Gasteiger partial charge < -0.3 is 0 Å². The molecule has 0 nitrogen and oxygen atoms in total. The van der Waals surface area contributed by atoms with E-state index in [1.54, 1.807) is 0 Å². The maximum atomic E-state index is 0. The molecule has 0 aromatic rings. The molecule has 21 valence electrons. The zero-order chi connectivity index (χ0) is 0. The molecule has 0 aromatic carbocycles. The summed E-state index contributed by atoms with van der Waals surface area (Å²) in [4.78, 5) is 0. The van der Waals surface area contributed by atoms with Gasteiger partial charge in [-0.3, -0.25) is 4.70 Å². The van der Waals surface area contributed by atoms with Crippen LogP contribution in [-0.2, 0) is 0 Å². The monoisotopic (exact) mass is 351 g/mol. The van der Waals surface area contributed by atoms with Crippen molar-refractivity contribution < 1.29 is 46.5 Å². The van der Waals surface area contributed by atoms with Gasteiger partial charge in [-0.05, 0) is 0 Å². The standard InChI is InChI=1S/Ca.Ce.FH.Li.Mg.Sn/h;;1H;;;.